The molecule has 6 heteroatoms. The van der Waals surface area contributed by atoms with E-state index < -0.39 is 21.2 Å². The predicted molar refractivity (Wildman–Crippen MR) is 57.3 cm³/mol. The molecule has 16 heavy (non-hydrogen) atoms. The molecule has 2 rings (SSSR count). The van der Waals surface area contributed by atoms with Crippen molar-refractivity contribution in [2.45, 2.75) is 26.2 Å². The molecule has 2 aliphatic rings. The lowest BCUT2D eigenvalue weighted by atomic mass is 9.69. The van der Waals surface area contributed by atoms with Crippen LogP contribution in [0.3, 0.4) is 0 Å². The van der Waals surface area contributed by atoms with Crippen LogP contribution >= 0.6 is 0 Å². The SMILES string of the molecule is CC1C(=O)NC(=O)CC12CCCS(=O)(=O)C2. The zero-order valence-corrected chi connectivity index (χ0v) is 9.97. The Labute approximate surface area is 94.5 Å². The van der Waals surface area contributed by atoms with Gasteiger partial charge in [-0.3, -0.25) is 14.9 Å². The van der Waals surface area contributed by atoms with Crippen LogP contribution in [-0.2, 0) is 19.4 Å². The third kappa shape index (κ3) is 1.86. The summed E-state index contributed by atoms with van der Waals surface area (Å²) in [6, 6.07) is 0. The quantitative estimate of drug-likeness (QED) is 0.603. The van der Waals surface area contributed by atoms with Crippen molar-refractivity contribution in [2.24, 2.45) is 11.3 Å². The largest absolute Gasteiger partial charge is 0.296 e. The van der Waals surface area contributed by atoms with Gasteiger partial charge in [-0.15, -0.1) is 0 Å². The first-order chi connectivity index (χ1) is 7.35. The smallest absolute Gasteiger partial charge is 0.229 e. The lowest BCUT2D eigenvalue weighted by Gasteiger charge is -2.43. The van der Waals surface area contributed by atoms with E-state index in [1.54, 1.807) is 6.92 Å². The van der Waals surface area contributed by atoms with E-state index in [0.717, 1.165) is 0 Å². The number of imide groups is 1. The number of piperidine rings is 1. The van der Waals surface area contributed by atoms with Gasteiger partial charge in [0.2, 0.25) is 11.8 Å². The van der Waals surface area contributed by atoms with E-state index in [1.165, 1.54) is 0 Å². The molecule has 2 heterocycles. The van der Waals surface area contributed by atoms with Gasteiger partial charge < -0.3 is 0 Å². The first kappa shape index (κ1) is 11.6. The second-order valence-corrected chi connectivity index (χ2v) is 7.05. The fraction of sp³-hybridized carbons (Fsp3) is 0.800. The Kier molecular flexibility index (Phi) is 2.57. The highest BCUT2D eigenvalue weighted by atomic mass is 32.2. The minimum absolute atomic E-state index is 0.0275. The van der Waals surface area contributed by atoms with Gasteiger partial charge in [0, 0.05) is 17.8 Å². The third-order valence-electron chi connectivity index (χ3n) is 3.72. The van der Waals surface area contributed by atoms with Crippen molar-refractivity contribution in [1.29, 1.82) is 0 Å². The van der Waals surface area contributed by atoms with Gasteiger partial charge in [-0.05, 0) is 12.8 Å². The molecule has 2 saturated heterocycles. The Morgan fingerprint density at radius 1 is 1.38 bits per heavy atom. The minimum Gasteiger partial charge on any atom is -0.296 e. The highest BCUT2D eigenvalue weighted by Crippen LogP contribution is 2.43. The van der Waals surface area contributed by atoms with Crippen molar-refractivity contribution in [3.8, 4) is 0 Å². The summed E-state index contributed by atoms with van der Waals surface area (Å²) in [4.78, 5) is 22.9. The molecule has 0 aromatic carbocycles. The molecule has 2 unspecified atom stereocenters. The molecule has 2 atom stereocenters. The molecule has 0 aromatic heterocycles. The van der Waals surface area contributed by atoms with Crippen molar-refractivity contribution >= 4 is 21.7 Å². The topological polar surface area (TPSA) is 80.3 Å². The Bertz CT molecular complexity index is 442. The zero-order valence-electron chi connectivity index (χ0n) is 9.15. The van der Waals surface area contributed by atoms with Crippen molar-refractivity contribution in [3.63, 3.8) is 0 Å². The minimum atomic E-state index is -3.10. The molecule has 0 radical (unpaired) electrons. The molecule has 1 spiro atoms. The van der Waals surface area contributed by atoms with E-state index in [9.17, 15) is 18.0 Å². The van der Waals surface area contributed by atoms with Crippen LogP contribution in [0.15, 0.2) is 0 Å². The maximum absolute atomic E-state index is 11.6. The summed E-state index contributed by atoms with van der Waals surface area (Å²) >= 11 is 0. The van der Waals surface area contributed by atoms with Crippen LogP contribution in [0.25, 0.3) is 0 Å². The average molecular weight is 245 g/mol. The van der Waals surface area contributed by atoms with Crippen molar-refractivity contribution in [1.82, 2.24) is 5.32 Å². The fourth-order valence-corrected chi connectivity index (χ4v) is 4.85. The monoisotopic (exact) mass is 245 g/mol. The number of hydrogen-bond donors (Lipinski definition) is 1. The first-order valence-corrected chi connectivity index (χ1v) is 7.21. The Morgan fingerprint density at radius 3 is 2.69 bits per heavy atom. The van der Waals surface area contributed by atoms with Gasteiger partial charge in [0.25, 0.3) is 0 Å². The van der Waals surface area contributed by atoms with Crippen molar-refractivity contribution in [3.05, 3.63) is 0 Å². The summed E-state index contributed by atoms with van der Waals surface area (Å²) in [6.07, 6.45) is 1.35. The molecule has 0 bridgehead atoms. The second kappa shape index (κ2) is 3.55. The van der Waals surface area contributed by atoms with Crippen LogP contribution in [0.4, 0.5) is 0 Å². The normalized spacial score (nSPS) is 38.4. The highest BCUT2D eigenvalue weighted by Gasteiger charge is 2.50. The molecule has 0 aliphatic carbocycles. The third-order valence-corrected chi connectivity index (χ3v) is 5.65. The fourth-order valence-electron chi connectivity index (χ4n) is 2.75. The Balaban J connectivity index is 2.35. The van der Waals surface area contributed by atoms with Gasteiger partial charge in [0.05, 0.1) is 11.5 Å². The lowest BCUT2D eigenvalue weighted by molar-refractivity contribution is -0.142. The van der Waals surface area contributed by atoms with Crippen LogP contribution < -0.4 is 5.32 Å². The Morgan fingerprint density at radius 2 is 2.06 bits per heavy atom. The van der Waals surface area contributed by atoms with Gasteiger partial charge in [-0.25, -0.2) is 8.42 Å². The standard InChI is InChI=1S/C10H15NO4S/c1-7-9(13)11-8(12)5-10(7)3-2-4-16(14,15)6-10/h7H,2-6H2,1H3,(H,11,12,13). The number of hydrogen-bond acceptors (Lipinski definition) is 4. The summed E-state index contributed by atoms with van der Waals surface area (Å²) in [5.41, 5.74) is -0.656. The summed E-state index contributed by atoms with van der Waals surface area (Å²) in [6.45, 7) is 1.71. The van der Waals surface area contributed by atoms with Crippen LogP contribution in [-0.4, -0.2) is 31.7 Å². The van der Waals surface area contributed by atoms with E-state index in [-0.39, 0.29) is 29.7 Å². The highest BCUT2D eigenvalue weighted by molar-refractivity contribution is 7.91. The lowest BCUT2D eigenvalue weighted by Crippen LogP contribution is -2.55. The van der Waals surface area contributed by atoms with Gasteiger partial charge in [0.15, 0.2) is 9.84 Å². The molecular formula is C10H15NO4S. The molecule has 1 N–H and O–H groups in total. The van der Waals surface area contributed by atoms with Gasteiger partial charge in [0.1, 0.15) is 0 Å². The number of amides is 2. The van der Waals surface area contributed by atoms with Gasteiger partial charge in [-0.2, -0.15) is 0 Å². The molecule has 2 aliphatic heterocycles. The van der Waals surface area contributed by atoms with E-state index in [0.29, 0.717) is 12.8 Å². The van der Waals surface area contributed by atoms with E-state index in [2.05, 4.69) is 5.32 Å². The predicted octanol–water partition coefficient (Wildman–Crippen LogP) is -0.136. The van der Waals surface area contributed by atoms with Crippen LogP contribution in [0.5, 0.6) is 0 Å². The van der Waals surface area contributed by atoms with Crippen LogP contribution in [0, 0.1) is 11.3 Å². The number of sulfone groups is 1. The molecule has 90 valence electrons. The second-order valence-electron chi connectivity index (χ2n) is 4.87. The molecule has 0 saturated carbocycles. The number of rotatable bonds is 0. The maximum atomic E-state index is 11.6. The molecular weight excluding hydrogens is 230 g/mol. The van der Waals surface area contributed by atoms with Crippen molar-refractivity contribution in [2.75, 3.05) is 11.5 Å². The van der Waals surface area contributed by atoms with Gasteiger partial charge >= 0.3 is 0 Å². The molecule has 2 amide bonds. The molecule has 0 aromatic rings. The summed E-state index contributed by atoms with van der Waals surface area (Å²) in [5.74, 6) is -0.939. The number of carbonyl (C=O) groups is 2. The van der Waals surface area contributed by atoms with Crippen LogP contribution in [0.1, 0.15) is 26.2 Å². The van der Waals surface area contributed by atoms with Gasteiger partial charge in [-0.1, -0.05) is 6.92 Å². The first-order valence-electron chi connectivity index (χ1n) is 5.39. The Hall–Kier alpha value is -0.910. The van der Waals surface area contributed by atoms with E-state index >= 15 is 0 Å². The van der Waals surface area contributed by atoms with E-state index in [4.69, 9.17) is 0 Å². The summed E-state index contributed by atoms with van der Waals surface area (Å²) < 4.78 is 23.3. The summed E-state index contributed by atoms with van der Waals surface area (Å²) in [5, 5.41) is 2.26. The van der Waals surface area contributed by atoms with Crippen LogP contribution in [0.2, 0.25) is 0 Å². The summed E-state index contributed by atoms with van der Waals surface area (Å²) in [7, 11) is -3.10. The number of carbonyl (C=O) groups excluding carboxylic acids is 2. The van der Waals surface area contributed by atoms with Crippen molar-refractivity contribution < 1.29 is 18.0 Å². The average Bonchev–Trinajstić information content (AvgIpc) is 2.12. The maximum Gasteiger partial charge on any atom is 0.229 e. The zero-order chi connectivity index (χ0) is 12.0. The molecule has 5 nitrogen and oxygen atoms in total. The number of nitrogens with one attached hydrogen (secondary N) is 1. The molecule has 2 fully saturated rings. The van der Waals surface area contributed by atoms with E-state index in [1.807, 2.05) is 0 Å².